The van der Waals surface area contributed by atoms with Gasteiger partial charge in [0, 0.05) is 11.4 Å². The van der Waals surface area contributed by atoms with Gasteiger partial charge in [-0.05, 0) is 66.6 Å². The molecule has 0 bridgehead atoms. The van der Waals surface area contributed by atoms with Crippen molar-refractivity contribution in [2.75, 3.05) is 11.0 Å². The predicted molar refractivity (Wildman–Crippen MR) is 100 cm³/mol. The summed E-state index contributed by atoms with van der Waals surface area (Å²) in [5.74, 6) is 0.451. The normalized spacial score (nSPS) is 12.8. The van der Waals surface area contributed by atoms with Gasteiger partial charge in [-0.1, -0.05) is 18.2 Å². The molecule has 1 unspecified atom stereocenters. The van der Waals surface area contributed by atoms with E-state index in [1.165, 1.54) is 0 Å². The number of rotatable bonds is 5. The molecule has 0 saturated heterocycles. The summed E-state index contributed by atoms with van der Waals surface area (Å²) in [4.78, 5) is 0.928. The van der Waals surface area contributed by atoms with Crippen LogP contribution in [0.15, 0.2) is 76.5 Å². The van der Waals surface area contributed by atoms with E-state index in [1.807, 2.05) is 29.7 Å². The first-order valence-corrected chi connectivity index (χ1v) is 10.6. The molecule has 3 aromatic rings. The number of anilines is 1. The lowest BCUT2D eigenvalue weighted by atomic mass is 10.3. The van der Waals surface area contributed by atoms with Crippen molar-refractivity contribution in [2.24, 2.45) is 0 Å². The average Bonchev–Trinajstić information content (AvgIpc) is 2.95. The summed E-state index contributed by atoms with van der Waals surface area (Å²) in [6.45, 7) is 1.90. The predicted octanol–water partition coefficient (Wildman–Crippen LogP) is 3.32. The van der Waals surface area contributed by atoms with Gasteiger partial charge in [0.2, 0.25) is 0 Å². The summed E-state index contributed by atoms with van der Waals surface area (Å²) in [6, 6.07) is 19.0. The number of nitrogens with zero attached hydrogens (tertiary/aromatic N) is 1. The molecular formula is C18H18N2O3S2. The van der Waals surface area contributed by atoms with Crippen LogP contribution in [0.25, 0.3) is 5.69 Å². The molecular weight excluding hydrogens is 356 g/mol. The molecule has 1 N–H and O–H groups in total. The molecule has 0 amide bonds. The van der Waals surface area contributed by atoms with Gasteiger partial charge in [0.05, 0.1) is 4.90 Å². The first kappa shape index (κ1) is 17.6. The van der Waals surface area contributed by atoms with Crippen molar-refractivity contribution in [3.63, 3.8) is 0 Å². The van der Waals surface area contributed by atoms with E-state index >= 15 is 0 Å². The highest BCUT2D eigenvalue weighted by atomic mass is 32.2. The Balaban J connectivity index is 1.97. The average molecular weight is 374 g/mol. The Morgan fingerprint density at radius 1 is 0.960 bits per heavy atom. The van der Waals surface area contributed by atoms with E-state index in [-0.39, 0.29) is 4.90 Å². The Bertz CT molecular complexity index is 963. The van der Waals surface area contributed by atoms with Crippen molar-refractivity contribution in [1.29, 1.82) is 0 Å². The van der Waals surface area contributed by atoms with E-state index in [2.05, 4.69) is 4.72 Å². The van der Waals surface area contributed by atoms with Crippen molar-refractivity contribution in [3.8, 4) is 5.69 Å². The summed E-state index contributed by atoms with van der Waals surface area (Å²) in [6.07, 6.45) is 1.62. The van der Waals surface area contributed by atoms with Crippen LogP contribution < -0.4 is 4.72 Å². The lowest BCUT2D eigenvalue weighted by molar-refractivity contribution is 0.600. The molecule has 0 aliphatic heterocycles. The quantitative estimate of drug-likeness (QED) is 0.696. The maximum absolute atomic E-state index is 12.6. The van der Waals surface area contributed by atoms with E-state index in [1.54, 1.807) is 54.8 Å². The van der Waals surface area contributed by atoms with Gasteiger partial charge in [-0.25, -0.2) is 8.42 Å². The molecule has 0 fully saturated rings. The monoisotopic (exact) mass is 374 g/mol. The lowest BCUT2D eigenvalue weighted by Crippen LogP contribution is -2.15. The Hall–Kier alpha value is -2.22. The first-order valence-electron chi connectivity index (χ1n) is 7.58. The van der Waals surface area contributed by atoms with Crippen LogP contribution in [-0.4, -0.2) is 23.8 Å². The number of hydrogen-bond donors (Lipinski definition) is 1. The SMILES string of the molecule is Cc1ccc(NS(=O)(=O)c2ccccc2)n1-c1ccc([S+](C)[O-])cc1. The number of benzene rings is 2. The van der Waals surface area contributed by atoms with E-state index in [4.69, 9.17) is 0 Å². The molecule has 130 valence electrons. The molecule has 25 heavy (non-hydrogen) atoms. The Labute approximate surface area is 150 Å². The molecule has 5 nitrogen and oxygen atoms in total. The Morgan fingerprint density at radius 2 is 1.60 bits per heavy atom. The van der Waals surface area contributed by atoms with Gasteiger partial charge in [0.1, 0.15) is 12.1 Å². The van der Waals surface area contributed by atoms with Crippen LogP contribution in [0, 0.1) is 6.92 Å². The molecule has 1 heterocycles. The fraction of sp³-hybridized carbons (Fsp3) is 0.111. The van der Waals surface area contributed by atoms with Crippen LogP contribution in [-0.2, 0) is 21.2 Å². The standard InChI is InChI=1S/C18H18N2O3S2/c1-14-8-13-18(19-25(22,23)17-6-4-3-5-7-17)20(14)15-9-11-16(12-10-15)24(2)21/h3-13,19H,1-2H3. The molecule has 3 rings (SSSR count). The summed E-state index contributed by atoms with van der Waals surface area (Å²) in [7, 11) is -3.67. The summed E-state index contributed by atoms with van der Waals surface area (Å²) >= 11 is -1.06. The van der Waals surface area contributed by atoms with Crippen LogP contribution in [0.3, 0.4) is 0 Å². The maximum Gasteiger partial charge on any atom is 0.263 e. The fourth-order valence-electron chi connectivity index (χ4n) is 2.54. The molecule has 0 aliphatic rings. The number of nitrogens with one attached hydrogen (secondary N) is 1. The van der Waals surface area contributed by atoms with Crippen LogP contribution in [0.2, 0.25) is 0 Å². The van der Waals surface area contributed by atoms with Crippen molar-refractivity contribution in [1.82, 2.24) is 4.57 Å². The van der Waals surface area contributed by atoms with Gasteiger partial charge in [0.15, 0.2) is 4.90 Å². The van der Waals surface area contributed by atoms with Crippen molar-refractivity contribution < 1.29 is 13.0 Å². The van der Waals surface area contributed by atoms with Crippen molar-refractivity contribution >= 4 is 27.0 Å². The smallest absolute Gasteiger partial charge is 0.263 e. The van der Waals surface area contributed by atoms with Gasteiger partial charge in [0.25, 0.3) is 10.0 Å². The highest BCUT2D eigenvalue weighted by molar-refractivity contribution is 7.92. The number of sulfonamides is 1. The summed E-state index contributed by atoms with van der Waals surface area (Å²) < 4.78 is 41.1. The second kappa shape index (κ2) is 6.95. The number of aromatic nitrogens is 1. The van der Waals surface area contributed by atoms with Crippen LogP contribution >= 0.6 is 0 Å². The molecule has 7 heteroatoms. The maximum atomic E-state index is 12.6. The molecule has 1 aromatic heterocycles. The Kier molecular flexibility index (Phi) is 4.89. The van der Waals surface area contributed by atoms with E-state index in [0.29, 0.717) is 5.82 Å². The molecule has 0 radical (unpaired) electrons. The molecule has 1 atom stereocenters. The summed E-state index contributed by atoms with van der Waals surface area (Å²) in [5, 5.41) is 0. The minimum atomic E-state index is -3.67. The topological polar surface area (TPSA) is 74.2 Å². The molecule has 2 aromatic carbocycles. The van der Waals surface area contributed by atoms with Crippen molar-refractivity contribution in [3.05, 3.63) is 72.4 Å². The number of aryl methyl sites for hydroxylation is 1. The largest absolute Gasteiger partial charge is 0.612 e. The van der Waals surface area contributed by atoms with Crippen LogP contribution in [0.4, 0.5) is 5.82 Å². The fourth-order valence-corrected chi connectivity index (χ4v) is 4.13. The van der Waals surface area contributed by atoms with Gasteiger partial charge in [-0.15, -0.1) is 0 Å². The highest BCUT2D eigenvalue weighted by Gasteiger charge is 2.17. The van der Waals surface area contributed by atoms with E-state index in [9.17, 15) is 13.0 Å². The second-order valence-electron chi connectivity index (χ2n) is 5.56. The third-order valence-electron chi connectivity index (χ3n) is 3.80. The molecule has 0 spiro atoms. The van der Waals surface area contributed by atoms with Crippen LogP contribution in [0.1, 0.15) is 5.69 Å². The van der Waals surface area contributed by atoms with E-state index in [0.717, 1.165) is 16.3 Å². The van der Waals surface area contributed by atoms with Gasteiger partial charge in [-0.3, -0.25) is 4.72 Å². The van der Waals surface area contributed by atoms with Gasteiger partial charge >= 0.3 is 0 Å². The second-order valence-corrected chi connectivity index (χ2v) is 8.62. The zero-order chi connectivity index (χ0) is 18.0. The van der Waals surface area contributed by atoms with E-state index < -0.39 is 21.2 Å². The zero-order valence-corrected chi connectivity index (χ0v) is 15.5. The lowest BCUT2D eigenvalue weighted by Gasteiger charge is -2.14. The van der Waals surface area contributed by atoms with Gasteiger partial charge < -0.3 is 9.12 Å². The van der Waals surface area contributed by atoms with Crippen molar-refractivity contribution in [2.45, 2.75) is 16.7 Å². The minimum Gasteiger partial charge on any atom is -0.612 e. The minimum absolute atomic E-state index is 0.206. The summed E-state index contributed by atoms with van der Waals surface area (Å²) in [5.41, 5.74) is 1.68. The zero-order valence-electron chi connectivity index (χ0n) is 13.8. The molecule has 0 saturated carbocycles. The molecule has 0 aliphatic carbocycles. The first-order chi connectivity index (χ1) is 11.9. The third kappa shape index (κ3) is 3.73. The van der Waals surface area contributed by atoms with Gasteiger partial charge in [-0.2, -0.15) is 0 Å². The third-order valence-corrected chi connectivity index (χ3v) is 6.10. The van der Waals surface area contributed by atoms with Crippen LogP contribution in [0.5, 0.6) is 0 Å². The highest BCUT2D eigenvalue weighted by Crippen LogP contribution is 2.24. The number of hydrogen-bond acceptors (Lipinski definition) is 3. The Morgan fingerprint density at radius 3 is 2.20 bits per heavy atom.